The largest absolute Gasteiger partial charge is 0.396 e. The Morgan fingerprint density at radius 1 is 1.75 bits per heavy atom. The van der Waals surface area contributed by atoms with Gasteiger partial charge in [-0.25, -0.2) is 0 Å². The Bertz CT molecular complexity index is 282. The lowest BCUT2D eigenvalue weighted by Gasteiger charge is -2.05. The molecule has 0 bridgehead atoms. The molecule has 12 heavy (non-hydrogen) atoms. The minimum Gasteiger partial charge on any atom is -0.396 e. The van der Waals surface area contributed by atoms with Gasteiger partial charge < -0.3 is 11.1 Å². The van der Waals surface area contributed by atoms with Gasteiger partial charge in [-0.1, -0.05) is 0 Å². The summed E-state index contributed by atoms with van der Waals surface area (Å²) >= 11 is 1.11. The van der Waals surface area contributed by atoms with Crippen molar-refractivity contribution in [3.63, 3.8) is 0 Å². The molecule has 0 unspecified atom stereocenters. The molecule has 66 valence electrons. The number of anilines is 1. The van der Waals surface area contributed by atoms with E-state index in [1.165, 1.54) is 6.20 Å². The van der Waals surface area contributed by atoms with Crippen molar-refractivity contribution in [2.45, 2.75) is 19.9 Å². The fourth-order valence-electron chi connectivity index (χ4n) is 0.747. The molecule has 0 fully saturated rings. The van der Waals surface area contributed by atoms with E-state index in [9.17, 15) is 4.79 Å². The molecule has 0 aliphatic heterocycles. The van der Waals surface area contributed by atoms with Crippen LogP contribution in [0.25, 0.3) is 0 Å². The van der Waals surface area contributed by atoms with E-state index < -0.39 is 0 Å². The molecule has 0 aliphatic carbocycles. The first-order valence-corrected chi connectivity index (χ1v) is 4.39. The number of nitrogens with two attached hydrogens (primary N) is 1. The smallest absolute Gasteiger partial charge is 0.265 e. The van der Waals surface area contributed by atoms with Crippen molar-refractivity contribution in [3.05, 3.63) is 11.1 Å². The molecule has 0 atom stereocenters. The van der Waals surface area contributed by atoms with Gasteiger partial charge in [0, 0.05) is 6.04 Å². The van der Waals surface area contributed by atoms with Crippen molar-refractivity contribution >= 4 is 23.1 Å². The maximum atomic E-state index is 11.3. The summed E-state index contributed by atoms with van der Waals surface area (Å²) in [5.74, 6) is -0.148. The van der Waals surface area contributed by atoms with Crippen LogP contribution in [0.1, 0.15) is 23.5 Å². The maximum absolute atomic E-state index is 11.3. The molecule has 4 nitrogen and oxygen atoms in total. The van der Waals surface area contributed by atoms with Gasteiger partial charge in [0.25, 0.3) is 5.91 Å². The lowest BCUT2D eigenvalue weighted by Crippen LogP contribution is -2.29. The Morgan fingerprint density at radius 2 is 2.42 bits per heavy atom. The van der Waals surface area contributed by atoms with Crippen LogP contribution in [-0.2, 0) is 0 Å². The number of aromatic nitrogens is 1. The fraction of sp³-hybridized carbons (Fsp3) is 0.429. The van der Waals surface area contributed by atoms with E-state index >= 15 is 0 Å². The Labute approximate surface area is 74.9 Å². The van der Waals surface area contributed by atoms with E-state index in [0.717, 1.165) is 11.5 Å². The molecule has 0 radical (unpaired) electrons. The molecule has 1 rings (SSSR count). The number of rotatable bonds is 2. The molecule has 0 aromatic carbocycles. The Morgan fingerprint density at radius 3 is 2.83 bits per heavy atom. The summed E-state index contributed by atoms with van der Waals surface area (Å²) in [6, 6.07) is 0.124. The number of nitrogens with zero attached hydrogens (tertiary/aromatic N) is 1. The average Bonchev–Trinajstić information content (AvgIpc) is 2.33. The fourth-order valence-corrected chi connectivity index (χ4v) is 1.32. The SMILES string of the molecule is CC(C)NC(=O)c1sncc1N. The van der Waals surface area contributed by atoms with Crippen molar-refractivity contribution in [1.82, 2.24) is 9.69 Å². The first-order valence-electron chi connectivity index (χ1n) is 3.62. The van der Waals surface area contributed by atoms with Gasteiger partial charge in [-0.3, -0.25) is 4.79 Å². The van der Waals surface area contributed by atoms with E-state index in [4.69, 9.17) is 5.73 Å². The number of carbonyl (C=O) groups is 1. The minimum atomic E-state index is -0.148. The highest BCUT2D eigenvalue weighted by Gasteiger charge is 2.12. The predicted octanol–water partition coefficient (Wildman–Crippen LogP) is 0.863. The summed E-state index contributed by atoms with van der Waals surface area (Å²) in [6.07, 6.45) is 1.49. The van der Waals surface area contributed by atoms with Gasteiger partial charge in [-0.15, -0.1) is 0 Å². The molecule has 1 heterocycles. The summed E-state index contributed by atoms with van der Waals surface area (Å²) in [7, 11) is 0. The van der Waals surface area contributed by atoms with Gasteiger partial charge in [0.1, 0.15) is 4.88 Å². The minimum absolute atomic E-state index is 0.124. The first-order chi connectivity index (χ1) is 5.61. The molecular weight excluding hydrogens is 174 g/mol. The van der Waals surface area contributed by atoms with Crippen LogP contribution >= 0.6 is 11.5 Å². The molecular formula is C7H11N3OS. The van der Waals surface area contributed by atoms with Gasteiger partial charge in [0.2, 0.25) is 0 Å². The van der Waals surface area contributed by atoms with Gasteiger partial charge in [0.05, 0.1) is 11.9 Å². The number of hydrogen-bond acceptors (Lipinski definition) is 4. The molecule has 3 N–H and O–H groups in total. The van der Waals surface area contributed by atoms with Crippen molar-refractivity contribution in [1.29, 1.82) is 0 Å². The molecule has 0 aliphatic rings. The van der Waals surface area contributed by atoms with Crippen LogP contribution in [0.15, 0.2) is 6.20 Å². The van der Waals surface area contributed by atoms with Crippen LogP contribution in [0.2, 0.25) is 0 Å². The summed E-state index contributed by atoms with van der Waals surface area (Å²) in [5.41, 5.74) is 5.95. The van der Waals surface area contributed by atoms with Crippen molar-refractivity contribution in [2.75, 3.05) is 5.73 Å². The Kier molecular flexibility index (Phi) is 2.65. The molecule has 1 amide bonds. The van der Waals surface area contributed by atoms with Gasteiger partial charge in [-0.2, -0.15) is 4.37 Å². The zero-order chi connectivity index (χ0) is 9.14. The van der Waals surface area contributed by atoms with Crippen molar-refractivity contribution in [2.24, 2.45) is 0 Å². The predicted molar refractivity (Wildman–Crippen MR) is 49.1 cm³/mol. The van der Waals surface area contributed by atoms with Crippen LogP contribution in [0.3, 0.4) is 0 Å². The third-order valence-electron chi connectivity index (χ3n) is 1.22. The standard InChI is InChI=1S/C7H11N3OS/c1-4(2)10-7(11)6-5(8)3-9-12-6/h3-4H,8H2,1-2H3,(H,10,11). The van der Waals surface area contributed by atoms with E-state index in [1.807, 2.05) is 13.8 Å². The summed E-state index contributed by atoms with van der Waals surface area (Å²) in [5, 5.41) is 2.74. The number of amides is 1. The zero-order valence-corrected chi connectivity index (χ0v) is 7.81. The molecule has 1 aromatic heterocycles. The quantitative estimate of drug-likeness (QED) is 0.718. The van der Waals surface area contributed by atoms with Gasteiger partial charge >= 0.3 is 0 Å². The lowest BCUT2D eigenvalue weighted by molar-refractivity contribution is 0.0948. The lowest BCUT2D eigenvalue weighted by atomic mass is 10.3. The van der Waals surface area contributed by atoms with E-state index in [2.05, 4.69) is 9.69 Å². The first kappa shape index (κ1) is 8.99. The highest BCUT2D eigenvalue weighted by atomic mass is 32.1. The third-order valence-corrected chi connectivity index (χ3v) is 2.04. The highest BCUT2D eigenvalue weighted by molar-refractivity contribution is 7.08. The van der Waals surface area contributed by atoms with Crippen LogP contribution in [0.5, 0.6) is 0 Å². The highest BCUT2D eigenvalue weighted by Crippen LogP contribution is 2.14. The van der Waals surface area contributed by atoms with Gasteiger partial charge in [0.15, 0.2) is 0 Å². The van der Waals surface area contributed by atoms with Crippen molar-refractivity contribution in [3.8, 4) is 0 Å². The molecule has 0 saturated carbocycles. The number of nitrogen functional groups attached to an aromatic ring is 1. The molecule has 5 heteroatoms. The van der Waals surface area contributed by atoms with E-state index in [-0.39, 0.29) is 11.9 Å². The molecule has 1 aromatic rings. The number of hydrogen-bond donors (Lipinski definition) is 2. The summed E-state index contributed by atoms with van der Waals surface area (Å²) in [4.78, 5) is 11.8. The maximum Gasteiger partial charge on any atom is 0.265 e. The normalized spacial score (nSPS) is 10.2. The molecule has 0 saturated heterocycles. The van der Waals surface area contributed by atoms with Gasteiger partial charge in [-0.05, 0) is 25.4 Å². The summed E-state index contributed by atoms with van der Waals surface area (Å²) < 4.78 is 3.81. The van der Waals surface area contributed by atoms with Crippen LogP contribution in [0.4, 0.5) is 5.69 Å². The third kappa shape index (κ3) is 1.94. The molecule has 0 spiro atoms. The Balaban J connectivity index is 2.72. The second kappa shape index (κ2) is 3.53. The monoisotopic (exact) mass is 185 g/mol. The van der Waals surface area contributed by atoms with Crippen molar-refractivity contribution < 1.29 is 4.79 Å². The van der Waals surface area contributed by atoms with E-state index in [1.54, 1.807) is 0 Å². The average molecular weight is 185 g/mol. The van der Waals surface area contributed by atoms with Crippen LogP contribution in [-0.4, -0.2) is 16.3 Å². The second-order valence-electron chi connectivity index (χ2n) is 2.74. The second-order valence-corrected chi connectivity index (χ2v) is 3.54. The topological polar surface area (TPSA) is 68.0 Å². The van der Waals surface area contributed by atoms with Crippen LogP contribution in [0, 0.1) is 0 Å². The van der Waals surface area contributed by atoms with E-state index in [0.29, 0.717) is 10.6 Å². The zero-order valence-electron chi connectivity index (χ0n) is 7.00. The number of nitrogens with one attached hydrogen (secondary N) is 1. The van der Waals surface area contributed by atoms with Crippen LogP contribution < -0.4 is 11.1 Å². The number of carbonyl (C=O) groups excluding carboxylic acids is 1. The summed E-state index contributed by atoms with van der Waals surface area (Å²) in [6.45, 7) is 3.80. The Hall–Kier alpha value is -1.10.